The highest BCUT2D eigenvalue weighted by molar-refractivity contribution is 7.92. The fourth-order valence-electron chi connectivity index (χ4n) is 4.04. The van der Waals surface area contributed by atoms with Crippen LogP contribution in [0.3, 0.4) is 0 Å². The molecule has 8 heteroatoms. The second-order valence-electron chi connectivity index (χ2n) is 8.70. The van der Waals surface area contributed by atoms with Crippen LogP contribution in [-0.2, 0) is 10.0 Å². The van der Waals surface area contributed by atoms with Crippen molar-refractivity contribution in [2.45, 2.75) is 37.5 Å². The SMILES string of the molecule is Cc1ccc(S(=O)(=O)Nc2ccc(C(=O)Nc3ccccc3C(=O)N3CCCCCC3)cc2)cc1. The standard InChI is InChI=1S/C27H29N3O4S/c1-20-10-16-23(17-11-20)35(33,34)29-22-14-12-21(13-15-22)26(31)28-25-9-5-4-8-24(25)27(32)30-18-6-2-3-7-19-30/h4-5,8-17,29H,2-3,6-7,18-19H2,1H3,(H,28,31). The van der Waals surface area contributed by atoms with Gasteiger partial charge in [-0.2, -0.15) is 0 Å². The molecule has 2 amide bonds. The predicted molar refractivity (Wildman–Crippen MR) is 137 cm³/mol. The largest absolute Gasteiger partial charge is 0.339 e. The summed E-state index contributed by atoms with van der Waals surface area (Å²) in [6.45, 7) is 3.33. The number of para-hydroxylation sites is 1. The van der Waals surface area contributed by atoms with Crippen molar-refractivity contribution in [3.8, 4) is 0 Å². The van der Waals surface area contributed by atoms with Gasteiger partial charge in [0.25, 0.3) is 21.8 Å². The molecule has 3 aromatic rings. The number of sulfonamides is 1. The molecule has 1 fully saturated rings. The van der Waals surface area contributed by atoms with Crippen molar-refractivity contribution in [3.05, 3.63) is 89.5 Å². The van der Waals surface area contributed by atoms with Crippen molar-refractivity contribution < 1.29 is 18.0 Å². The number of amides is 2. The number of hydrogen-bond donors (Lipinski definition) is 2. The van der Waals surface area contributed by atoms with Gasteiger partial charge in [-0.25, -0.2) is 8.42 Å². The highest BCUT2D eigenvalue weighted by Crippen LogP contribution is 2.22. The van der Waals surface area contributed by atoms with Crippen molar-refractivity contribution >= 4 is 33.2 Å². The summed E-state index contributed by atoms with van der Waals surface area (Å²) in [7, 11) is -3.73. The van der Waals surface area contributed by atoms with Crippen LogP contribution in [0.2, 0.25) is 0 Å². The van der Waals surface area contributed by atoms with Gasteiger partial charge in [0.2, 0.25) is 0 Å². The number of aryl methyl sites for hydroxylation is 1. The van der Waals surface area contributed by atoms with Gasteiger partial charge in [0.05, 0.1) is 16.1 Å². The van der Waals surface area contributed by atoms with Gasteiger partial charge in [0, 0.05) is 24.3 Å². The maximum atomic E-state index is 13.1. The average Bonchev–Trinajstić information content (AvgIpc) is 3.14. The molecule has 0 aromatic heterocycles. The molecule has 1 saturated heterocycles. The molecule has 4 rings (SSSR count). The zero-order valence-corrected chi connectivity index (χ0v) is 20.5. The van der Waals surface area contributed by atoms with Crippen molar-refractivity contribution in [1.29, 1.82) is 0 Å². The Morgan fingerprint density at radius 2 is 1.43 bits per heavy atom. The fourth-order valence-corrected chi connectivity index (χ4v) is 5.10. The third kappa shape index (κ3) is 6.08. The molecule has 3 aromatic carbocycles. The van der Waals surface area contributed by atoms with E-state index in [1.54, 1.807) is 60.7 Å². The fraction of sp³-hybridized carbons (Fsp3) is 0.259. The van der Waals surface area contributed by atoms with Crippen molar-refractivity contribution in [3.63, 3.8) is 0 Å². The molecule has 7 nitrogen and oxygen atoms in total. The van der Waals surface area contributed by atoms with E-state index in [-0.39, 0.29) is 16.7 Å². The third-order valence-corrected chi connectivity index (χ3v) is 7.43. The predicted octanol–water partition coefficient (Wildman–Crippen LogP) is 5.06. The minimum atomic E-state index is -3.73. The van der Waals surface area contributed by atoms with Gasteiger partial charge >= 0.3 is 0 Å². The number of nitrogens with one attached hydrogen (secondary N) is 2. The smallest absolute Gasteiger partial charge is 0.261 e. The minimum Gasteiger partial charge on any atom is -0.339 e. The lowest BCUT2D eigenvalue weighted by Gasteiger charge is -2.22. The van der Waals surface area contributed by atoms with E-state index in [4.69, 9.17) is 0 Å². The quantitative estimate of drug-likeness (QED) is 0.504. The maximum absolute atomic E-state index is 13.1. The van der Waals surface area contributed by atoms with Crippen LogP contribution in [0.1, 0.15) is 52.0 Å². The number of anilines is 2. The molecule has 1 heterocycles. The molecule has 2 N–H and O–H groups in total. The first-order valence-corrected chi connectivity index (χ1v) is 13.2. The molecule has 0 atom stereocenters. The third-order valence-electron chi connectivity index (χ3n) is 6.03. The zero-order valence-electron chi connectivity index (χ0n) is 19.7. The van der Waals surface area contributed by atoms with Gasteiger partial charge in [-0.15, -0.1) is 0 Å². The zero-order chi connectivity index (χ0) is 24.8. The molecule has 0 spiro atoms. The number of likely N-dealkylation sites (tertiary alicyclic amines) is 1. The Hall–Kier alpha value is -3.65. The summed E-state index contributed by atoms with van der Waals surface area (Å²) in [5.74, 6) is -0.460. The van der Waals surface area contributed by atoms with Crippen molar-refractivity contribution in [2.75, 3.05) is 23.1 Å². The molecule has 0 unspecified atom stereocenters. The van der Waals surface area contributed by atoms with E-state index < -0.39 is 10.0 Å². The number of nitrogens with zero attached hydrogens (tertiary/aromatic N) is 1. The number of carbonyl (C=O) groups excluding carboxylic acids is 2. The van der Waals surface area contributed by atoms with Gasteiger partial charge in [0.15, 0.2) is 0 Å². The number of hydrogen-bond acceptors (Lipinski definition) is 4. The summed E-state index contributed by atoms with van der Waals surface area (Å²) in [6.07, 6.45) is 4.22. The van der Waals surface area contributed by atoms with Crippen LogP contribution in [0.5, 0.6) is 0 Å². The van der Waals surface area contributed by atoms with E-state index in [0.717, 1.165) is 44.3 Å². The van der Waals surface area contributed by atoms with Crippen LogP contribution in [0.4, 0.5) is 11.4 Å². The molecular formula is C27H29N3O4S. The summed E-state index contributed by atoms with van der Waals surface area (Å²) in [4.78, 5) is 28.0. The van der Waals surface area contributed by atoms with Gasteiger partial charge < -0.3 is 10.2 Å². The normalized spacial score (nSPS) is 14.1. The summed E-state index contributed by atoms with van der Waals surface area (Å²) in [5.41, 5.74) is 2.58. The Labute approximate surface area is 206 Å². The molecule has 182 valence electrons. The lowest BCUT2D eigenvalue weighted by atomic mass is 10.1. The van der Waals surface area contributed by atoms with Crippen LogP contribution >= 0.6 is 0 Å². The lowest BCUT2D eigenvalue weighted by molar-refractivity contribution is 0.0762. The highest BCUT2D eigenvalue weighted by atomic mass is 32.2. The van der Waals surface area contributed by atoms with E-state index in [1.165, 1.54) is 12.1 Å². The lowest BCUT2D eigenvalue weighted by Crippen LogP contribution is -2.32. The number of benzene rings is 3. The average molecular weight is 492 g/mol. The van der Waals surface area contributed by atoms with Gasteiger partial charge in [0.1, 0.15) is 0 Å². The summed E-state index contributed by atoms with van der Waals surface area (Å²) in [6, 6.07) is 19.7. The summed E-state index contributed by atoms with van der Waals surface area (Å²) >= 11 is 0. The molecule has 0 radical (unpaired) electrons. The molecular weight excluding hydrogens is 462 g/mol. The monoisotopic (exact) mass is 491 g/mol. The summed E-state index contributed by atoms with van der Waals surface area (Å²) < 4.78 is 27.7. The number of carbonyl (C=O) groups is 2. The van der Waals surface area contributed by atoms with E-state index in [1.807, 2.05) is 11.8 Å². The van der Waals surface area contributed by atoms with Gasteiger partial charge in [-0.3, -0.25) is 14.3 Å². The molecule has 1 aliphatic rings. The second-order valence-corrected chi connectivity index (χ2v) is 10.4. The van der Waals surface area contributed by atoms with E-state index >= 15 is 0 Å². The minimum absolute atomic E-state index is 0.0799. The van der Waals surface area contributed by atoms with Crippen molar-refractivity contribution in [1.82, 2.24) is 4.90 Å². The van der Waals surface area contributed by atoms with Gasteiger partial charge in [-0.1, -0.05) is 42.7 Å². The maximum Gasteiger partial charge on any atom is 0.261 e. The Balaban J connectivity index is 1.45. The Bertz CT molecular complexity index is 1300. The Kier molecular flexibility index (Phi) is 7.51. The molecule has 0 aliphatic carbocycles. The van der Waals surface area contributed by atoms with Crippen LogP contribution in [0.25, 0.3) is 0 Å². The van der Waals surface area contributed by atoms with Crippen molar-refractivity contribution in [2.24, 2.45) is 0 Å². The van der Waals surface area contributed by atoms with E-state index in [9.17, 15) is 18.0 Å². The first kappa shape index (κ1) is 24.5. The highest BCUT2D eigenvalue weighted by Gasteiger charge is 2.21. The molecule has 0 saturated carbocycles. The van der Waals surface area contributed by atoms with Crippen LogP contribution < -0.4 is 10.0 Å². The summed E-state index contributed by atoms with van der Waals surface area (Å²) in [5, 5.41) is 2.84. The van der Waals surface area contributed by atoms with E-state index in [0.29, 0.717) is 22.5 Å². The van der Waals surface area contributed by atoms with Crippen LogP contribution in [0.15, 0.2) is 77.7 Å². The molecule has 1 aliphatic heterocycles. The molecule has 35 heavy (non-hydrogen) atoms. The topological polar surface area (TPSA) is 95.6 Å². The second kappa shape index (κ2) is 10.7. The number of rotatable bonds is 6. The first-order valence-electron chi connectivity index (χ1n) is 11.7. The Morgan fingerprint density at radius 3 is 2.09 bits per heavy atom. The Morgan fingerprint density at radius 1 is 0.800 bits per heavy atom. The van der Waals surface area contributed by atoms with Crippen LogP contribution in [-0.4, -0.2) is 38.2 Å². The van der Waals surface area contributed by atoms with Gasteiger partial charge in [-0.05, 0) is 68.3 Å². The first-order chi connectivity index (χ1) is 16.8. The molecule has 0 bridgehead atoms. The van der Waals surface area contributed by atoms with E-state index in [2.05, 4.69) is 10.0 Å². The van der Waals surface area contributed by atoms with Crippen LogP contribution in [0, 0.1) is 6.92 Å².